The van der Waals surface area contributed by atoms with E-state index in [9.17, 15) is 4.57 Å². The van der Waals surface area contributed by atoms with Crippen molar-refractivity contribution in [3.8, 4) is 0 Å². The van der Waals surface area contributed by atoms with Crippen molar-refractivity contribution in [1.29, 1.82) is 0 Å². The van der Waals surface area contributed by atoms with Crippen LogP contribution in [0.5, 0.6) is 0 Å². The molecule has 0 rings (SSSR count). The monoisotopic (exact) mass is 162 g/mol. The summed E-state index contributed by atoms with van der Waals surface area (Å²) in [6, 6.07) is 0. The molecule has 58 valence electrons. The Bertz CT molecular complexity index is 208. The van der Waals surface area contributed by atoms with E-state index in [1.54, 1.807) is 0 Å². The van der Waals surface area contributed by atoms with E-state index in [2.05, 4.69) is 12.3 Å². The highest BCUT2D eigenvalue weighted by Crippen LogP contribution is 2.53. The number of hydrogen-bond acceptors (Lipinski definition) is 2. The first-order valence-electron chi connectivity index (χ1n) is 2.73. The van der Waals surface area contributed by atoms with Crippen LogP contribution in [0.1, 0.15) is 13.8 Å². The van der Waals surface area contributed by atoms with Crippen LogP contribution in [-0.2, 0) is 4.57 Å². The first-order chi connectivity index (χ1) is 4.31. The SMILES string of the molecule is C=C=CP(=O)(O)C(C)(C)O. The van der Waals surface area contributed by atoms with Crippen LogP contribution in [0.3, 0.4) is 0 Å². The van der Waals surface area contributed by atoms with Crippen molar-refractivity contribution in [2.45, 2.75) is 19.2 Å². The van der Waals surface area contributed by atoms with Gasteiger partial charge in [-0.1, -0.05) is 6.58 Å². The lowest BCUT2D eigenvalue weighted by atomic mass is 10.5. The molecule has 0 saturated carbocycles. The summed E-state index contributed by atoms with van der Waals surface area (Å²) in [5.74, 6) is 0.896. The zero-order valence-electron chi connectivity index (χ0n) is 6.03. The Labute approximate surface area is 60.1 Å². The molecule has 0 radical (unpaired) electrons. The van der Waals surface area contributed by atoms with E-state index in [4.69, 9.17) is 10.00 Å². The minimum Gasteiger partial charge on any atom is -0.380 e. The Morgan fingerprint density at radius 3 is 2.20 bits per heavy atom. The lowest BCUT2D eigenvalue weighted by molar-refractivity contribution is 0.150. The molecule has 0 bridgehead atoms. The van der Waals surface area contributed by atoms with Crippen LogP contribution in [0.15, 0.2) is 18.1 Å². The molecule has 0 aliphatic carbocycles. The molecule has 3 nitrogen and oxygen atoms in total. The number of hydrogen-bond donors (Lipinski definition) is 2. The molecule has 0 spiro atoms. The summed E-state index contributed by atoms with van der Waals surface area (Å²) in [7, 11) is -3.62. The quantitative estimate of drug-likeness (QED) is 0.475. The average Bonchev–Trinajstić information content (AvgIpc) is 1.61. The fraction of sp³-hybridized carbons (Fsp3) is 0.500. The van der Waals surface area contributed by atoms with Gasteiger partial charge in [0.25, 0.3) is 7.37 Å². The van der Waals surface area contributed by atoms with Crippen molar-refractivity contribution in [3.63, 3.8) is 0 Å². The van der Waals surface area contributed by atoms with Crippen molar-refractivity contribution < 1.29 is 14.6 Å². The van der Waals surface area contributed by atoms with Gasteiger partial charge in [0.1, 0.15) is 5.34 Å². The normalized spacial score (nSPS) is 17.2. The van der Waals surface area contributed by atoms with E-state index < -0.39 is 12.7 Å². The van der Waals surface area contributed by atoms with E-state index in [0.29, 0.717) is 0 Å². The molecular formula is C6H11O3P. The lowest BCUT2D eigenvalue weighted by Crippen LogP contribution is -2.17. The fourth-order valence-corrected chi connectivity index (χ4v) is 0.845. The van der Waals surface area contributed by atoms with Crippen LogP contribution in [0.2, 0.25) is 0 Å². The van der Waals surface area contributed by atoms with Gasteiger partial charge in [0.2, 0.25) is 0 Å². The van der Waals surface area contributed by atoms with Crippen LogP contribution in [0.25, 0.3) is 0 Å². The fourth-order valence-electron chi connectivity index (χ4n) is 0.282. The third-order valence-corrected chi connectivity index (χ3v) is 3.15. The summed E-state index contributed by atoms with van der Waals surface area (Å²) in [6.07, 6.45) is 0. The van der Waals surface area contributed by atoms with Gasteiger partial charge in [-0.25, -0.2) is 0 Å². The van der Waals surface area contributed by atoms with Crippen LogP contribution >= 0.6 is 7.37 Å². The predicted molar refractivity (Wildman–Crippen MR) is 39.8 cm³/mol. The summed E-state index contributed by atoms with van der Waals surface area (Å²) < 4.78 is 11.0. The van der Waals surface area contributed by atoms with Crippen LogP contribution in [-0.4, -0.2) is 15.3 Å². The molecule has 1 unspecified atom stereocenters. The van der Waals surface area contributed by atoms with Gasteiger partial charge in [0, 0.05) is 5.82 Å². The van der Waals surface area contributed by atoms with Gasteiger partial charge in [0.15, 0.2) is 0 Å². The third kappa shape index (κ3) is 2.13. The Hall–Kier alpha value is -0.330. The van der Waals surface area contributed by atoms with Gasteiger partial charge >= 0.3 is 0 Å². The van der Waals surface area contributed by atoms with Gasteiger partial charge in [0.05, 0.1) is 0 Å². The van der Waals surface area contributed by atoms with Gasteiger partial charge in [-0.2, -0.15) is 0 Å². The minimum absolute atomic E-state index is 0.896. The first kappa shape index (κ1) is 9.67. The number of rotatable bonds is 2. The van der Waals surface area contributed by atoms with Crippen molar-refractivity contribution in [2.75, 3.05) is 0 Å². The van der Waals surface area contributed by atoms with Crippen molar-refractivity contribution in [2.24, 2.45) is 0 Å². The molecule has 2 N–H and O–H groups in total. The van der Waals surface area contributed by atoms with E-state index in [-0.39, 0.29) is 0 Å². The van der Waals surface area contributed by atoms with Gasteiger partial charge in [-0.05, 0) is 13.8 Å². The molecule has 1 atom stereocenters. The number of aliphatic hydroxyl groups is 1. The predicted octanol–water partition coefficient (Wildman–Crippen LogP) is 1.28. The topological polar surface area (TPSA) is 57.5 Å². The third-order valence-electron chi connectivity index (χ3n) is 1.05. The highest BCUT2D eigenvalue weighted by molar-refractivity contribution is 7.62. The van der Waals surface area contributed by atoms with Gasteiger partial charge < -0.3 is 10.00 Å². The Balaban J connectivity index is 4.75. The van der Waals surface area contributed by atoms with E-state index in [1.807, 2.05) is 0 Å². The second-order valence-electron chi connectivity index (χ2n) is 2.45. The summed E-state index contributed by atoms with van der Waals surface area (Å²) in [5.41, 5.74) is 2.17. The molecule has 0 fully saturated rings. The maximum Gasteiger partial charge on any atom is 0.260 e. The van der Waals surface area contributed by atoms with Crippen molar-refractivity contribution in [1.82, 2.24) is 0 Å². The van der Waals surface area contributed by atoms with Crippen LogP contribution < -0.4 is 0 Å². The molecule has 0 aromatic carbocycles. The second-order valence-corrected chi connectivity index (χ2v) is 5.05. The maximum atomic E-state index is 11.0. The maximum absolute atomic E-state index is 11.0. The average molecular weight is 162 g/mol. The smallest absolute Gasteiger partial charge is 0.260 e. The van der Waals surface area contributed by atoms with E-state index >= 15 is 0 Å². The van der Waals surface area contributed by atoms with Gasteiger partial charge in [-0.3, -0.25) is 4.57 Å². The van der Waals surface area contributed by atoms with Gasteiger partial charge in [-0.15, -0.1) is 5.73 Å². The van der Waals surface area contributed by atoms with Crippen LogP contribution in [0.4, 0.5) is 0 Å². The van der Waals surface area contributed by atoms with E-state index in [0.717, 1.165) is 5.82 Å². The molecular weight excluding hydrogens is 151 g/mol. The molecule has 10 heavy (non-hydrogen) atoms. The second kappa shape index (κ2) is 2.73. The Morgan fingerprint density at radius 1 is 1.70 bits per heavy atom. The summed E-state index contributed by atoms with van der Waals surface area (Å²) in [5, 5.41) is 7.46. The Morgan fingerprint density at radius 2 is 2.10 bits per heavy atom. The molecule has 0 aliphatic rings. The zero-order valence-corrected chi connectivity index (χ0v) is 6.93. The molecule has 0 aromatic rings. The highest BCUT2D eigenvalue weighted by Gasteiger charge is 2.34. The Kier molecular flexibility index (Phi) is 2.64. The molecule has 0 amide bonds. The largest absolute Gasteiger partial charge is 0.380 e. The zero-order chi connectivity index (χ0) is 8.41. The van der Waals surface area contributed by atoms with E-state index in [1.165, 1.54) is 13.8 Å². The van der Waals surface area contributed by atoms with Crippen LogP contribution in [0, 0.1) is 0 Å². The lowest BCUT2D eigenvalue weighted by Gasteiger charge is -2.20. The molecule has 0 saturated heterocycles. The molecule has 4 heteroatoms. The van der Waals surface area contributed by atoms with Crippen molar-refractivity contribution in [3.05, 3.63) is 18.1 Å². The molecule has 0 aliphatic heterocycles. The molecule has 0 aromatic heterocycles. The first-order valence-corrected chi connectivity index (χ1v) is 4.46. The minimum atomic E-state index is -3.62. The highest BCUT2D eigenvalue weighted by atomic mass is 31.2. The molecule has 0 heterocycles. The summed E-state index contributed by atoms with van der Waals surface area (Å²) in [4.78, 5) is 9.00. The standard InChI is InChI=1S/C6H11O3P/c1-4-5-10(8,9)6(2,3)7/h5,7H,1H2,2-3H3,(H,8,9). The van der Waals surface area contributed by atoms with Crippen molar-refractivity contribution >= 4 is 7.37 Å². The summed E-state index contributed by atoms with van der Waals surface area (Å²) in [6.45, 7) is 5.67. The summed E-state index contributed by atoms with van der Waals surface area (Å²) >= 11 is 0.